The lowest BCUT2D eigenvalue weighted by Crippen LogP contribution is -2.15. The molecule has 17 heavy (non-hydrogen) atoms. The van der Waals surface area contributed by atoms with Crippen LogP contribution in [0.4, 0.5) is 0 Å². The van der Waals surface area contributed by atoms with Gasteiger partial charge in [-0.2, -0.15) is 11.8 Å². The van der Waals surface area contributed by atoms with Crippen LogP contribution < -0.4 is 15.0 Å². The van der Waals surface area contributed by atoms with E-state index < -0.39 is 0 Å². The van der Waals surface area contributed by atoms with E-state index in [1.54, 1.807) is 7.11 Å². The van der Waals surface area contributed by atoms with Gasteiger partial charge in [-0.15, -0.1) is 0 Å². The summed E-state index contributed by atoms with van der Waals surface area (Å²) in [5.74, 6) is 3.71. The molecule has 5 heteroatoms. The first-order chi connectivity index (χ1) is 8.33. The summed E-state index contributed by atoms with van der Waals surface area (Å²) >= 11 is 1.92. The second-order valence-corrected chi connectivity index (χ2v) is 5.07. The Balaban J connectivity index is 2.09. The maximum atomic E-state index is 8.66. The average Bonchev–Trinajstić information content (AvgIpc) is 2.84. The molecule has 0 radical (unpaired) electrons. The van der Waals surface area contributed by atoms with Gasteiger partial charge >= 0.3 is 0 Å². The quantitative estimate of drug-likeness (QED) is 0.789. The Morgan fingerprint density at radius 3 is 3.00 bits per heavy atom. The zero-order valence-electron chi connectivity index (χ0n) is 9.81. The standard InChI is InChI=1S/C12H17NO3S/c1-15-12-6-9(7-13-14)2-3-11(12)16-10-4-5-17-8-10/h2-3,6,10,13-14H,4-5,7-8H2,1H3. The van der Waals surface area contributed by atoms with Gasteiger partial charge in [0.2, 0.25) is 0 Å². The summed E-state index contributed by atoms with van der Waals surface area (Å²) in [7, 11) is 1.63. The molecule has 1 saturated heterocycles. The van der Waals surface area contributed by atoms with Crippen LogP contribution in [0.25, 0.3) is 0 Å². The molecule has 0 bridgehead atoms. The number of thioether (sulfide) groups is 1. The molecule has 1 aliphatic rings. The maximum Gasteiger partial charge on any atom is 0.161 e. The van der Waals surface area contributed by atoms with E-state index in [-0.39, 0.29) is 6.10 Å². The molecule has 1 heterocycles. The van der Waals surface area contributed by atoms with E-state index in [0.29, 0.717) is 6.54 Å². The van der Waals surface area contributed by atoms with Gasteiger partial charge in [-0.1, -0.05) is 6.07 Å². The average molecular weight is 255 g/mol. The summed E-state index contributed by atoms with van der Waals surface area (Å²) in [6.45, 7) is 0.399. The number of hydrogen-bond donors (Lipinski definition) is 2. The van der Waals surface area contributed by atoms with E-state index in [1.807, 2.05) is 30.0 Å². The number of hydroxylamine groups is 1. The van der Waals surface area contributed by atoms with Gasteiger partial charge in [-0.05, 0) is 29.9 Å². The van der Waals surface area contributed by atoms with Crippen molar-refractivity contribution in [1.29, 1.82) is 0 Å². The summed E-state index contributed by atoms with van der Waals surface area (Å²) in [6.07, 6.45) is 1.38. The molecular formula is C12H17NO3S. The van der Waals surface area contributed by atoms with Gasteiger partial charge in [0.15, 0.2) is 11.5 Å². The van der Waals surface area contributed by atoms with Gasteiger partial charge in [-0.3, -0.25) is 0 Å². The third-order valence-electron chi connectivity index (χ3n) is 2.69. The number of methoxy groups -OCH3 is 1. The predicted molar refractivity (Wildman–Crippen MR) is 68.0 cm³/mol. The van der Waals surface area contributed by atoms with Crippen LogP contribution in [0.5, 0.6) is 11.5 Å². The van der Waals surface area contributed by atoms with Gasteiger partial charge in [-0.25, -0.2) is 5.48 Å². The lowest BCUT2D eigenvalue weighted by atomic mass is 10.2. The highest BCUT2D eigenvalue weighted by molar-refractivity contribution is 7.99. The highest BCUT2D eigenvalue weighted by Gasteiger charge is 2.18. The van der Waals surface area contributed by atoms with Crippen LogP contribution in [0.1, 0.15) is 12.0 Å². The zero-order chi connectivity index (χ0) is 12.1. The van der Waals surface area contributed by atoms with Crippen LogP contribution in [0.15, 0.2) is 18.2 Å². The van der Waals surface area contributed by atoms with Crippen LogP contribution in [-0.2, 0) is 6.54 Å². The van der Waals surface area contributed by atoms with Crippen molar-refractivity contribution in [1.82, 2.24) is 5.48 Å². The Kier molecular flexibility index (Phi) is 4.53. The molecule has 94 valence electrons. The molecule has 0 aromatic heterocycles. The van der Waals surface area contributed by atoms with Crippen LogP contribution in [0.2, 0.25) is 0 Å². The second kappa shape index (κ2) is 6.14. The molecule has 1 aromatic rings. The van der Waals surface area contributed by atoms with Crippen molar-refractivity contribution in [2.75, 3.05) is 18.6 Å². The van der Waals surface area contributed by atoms with E-state index in [9.17, 15) is 0 Å². The van der Waals surface area contributed by atoms with E-state index in [1.165, 1.54) is 5.75 Å². The van der Waals surface area contributed by atoms with Crippen LogP contribution in [-0.4, -0.2) is 29.9 Å². The number of ether oxygens (including phenoxy) is 2. The Morgan fingerprint density at radius 1 is 1.47 bits per heavy atom. The van der Waals surface area contributed by atoms with Crippen molar-refractivity contribution in [2.45, 2.75) is 19.1 Å². The molecule has 1 unspecified atom stereocenters. The summed E-state index contributed by atoms with van der Waals surface area (Å²) < 4.78 is 11.2. The van der Waals surface area contributed by atoms with Gasteiger partial charge in [0.25, 0.3) is 0 Å². The first-order valence-corrected chi connectivity index (χ1v) is 6.77. The molecule has 0 saturated carbocycles. The Morgan fingerprint density at radius 2 is 2.35 bits per heavy atom. The van der Waals surface area contributed by atoms with Crippen LogP contribution >= 0.6 is 11.8 Å². The van der Waals surface area contributed by atoms with Gasteiger partial charge < -0.3 is 14.7 Å². The fraction of sp³-hybridized carbons (Fsp3) is 0.500. The molecule has 2 N–H and O–H groups in total. The number of benzene rings is 1. The minimum atomic E-state index is 0.288. The lowest BCUT2D eigenvalue weighted by molar-refractivity contribution is 0.161. The van der Waals surface area contributed by atoms with Gasteiger partial charge in [0.05, 0.1) is 7.11 Å². The number of hydrogen-bond acceptors (Lipinski definition) is 5. The largest absolute Gasteiger partial charge is 0.493 e. The SMILES string of the molecule is COc1cc(CNO)ccc1OC1CCSC1. The molecule has 0 spiro atoms. The molecular weight excluding hydrogens is 238 g/mol. The van der Waals surface area contributed by atoms with Crippen molar-refractivity contribution in [2.24, 2.45) is 0 Å². The molecule has 1 atom stereocenters. The zero-order valence-corrected chi connectivity index (χ0v) is 10.6. The van der Waals surface area contributed by atoms with E-state index in [2.05, 4.69) is 5.48 Å². The summed E-state index contributed by atoms with van der Waals surface area (Å²) in [6, 6.07) is 5.69. The minimum absolute atomic E-state index is 0.288. The highest BCUT2D eigenvalue weighted by Crippen LogP contribution is 2.31. The van der Waals surface area contributed by atoms with E-state index in [4.69, 9.17) is 14.7 Å². The molecule has 1 aromatic carbocycles. The molecule has 2 rings (SSSR count). The smallest absolute Gasteiger partial charge is 0.161 e. The fourth-order valence-electron chi connectivity index (χ4n) is 1.80. The third-order valence-corrected chi connectivity index (χ3v) is 3.82. The highest BCUT2D eigenvalue weighted by atomic mass is 32.2. The van der Waals surface area contributed by atoms with Crippen LogP contribution in [0, 0.1) is 0 Å². The van der Waals surface area contributed by atoms with Crippen molar-refractivity contribution < 1.29 is 14.7 Å². The molecule has 1 aliphatic heterocycles. The Labute approximate surface area is 105 Å². The van der Waals surface area contributed by atoms with Gasteiger partial charge in [0.1, 0.15) is 6.10 Å². The van der Waals surface area contributed by atoms with Crippen LogP contribution in [0.3, 0.4) is 0 Å². The molecule has 4 nitrogen and oxygen atoms in total. The van der Waals surface area contributed by atoms with Crippen molar-refractivity contribution in [3.63, 3.8) is 0 Å². The normalized spacial score (nSPS) is 19.3. The third kappa shape index (κ3) is 3.28. The van der Waals surface area contributed by atoms with Crippen molar-refractivity contribution in [3.8, 4) is 11.5 Å². The monoisotopic (exact) mass is 255 g/mol. The molecule has 0 amide bonds. The predicted octanol–water partition coefficient (Wildman–Crippen LogP) is 2.06. The topological polar surface area (TPSA) is 50.7 Å². The van der Waals surface area contributed by atoms with E-state index >= 15 is 0 Å². The fourth-order valence-corrected chi connectivity index (χ4v) is 2.89. The van der Waals surface area contributed by atoms with Crippen molar-refractivity contribution >= 4 is 11.8 Å². The molecule has 0 aliphatic carbocycles. The minimum Gasteiger partial charge on any atom is -0.493 e. The summed E-state index contributed by atoms with van der Waals surface area (Å²) in [5.41, 5.74) is 3.08. The van der Waals surface area contributed by atoms with Crippen molar-refractivity contribution in [3.05, 3.63) is 23.8 Å². The van der Waals surface area contributed by atoms with Gasteiger partial charge in [0, 0.05) is 12.3 Å². The summed E-state index contributed by atoms with van der Waals surface area (Å²) in [4.78, 5) is 0. The lowest BCUT2D eigenvalue weighted by Gasteiger charge is -2.16. The summed E-state index contributed by atoms with van der Waals surface area (Å²) in [5, 5.41) is 8.66. The Hall–Kier alpha value is -0.910. The number of rotatable bonds is 5. The second-order valence-electron chi connectivity index (χ2n) is 3.92. The Bertz CT molecular complexity index is 367. The molecule has 1 fully saturated rings. The first-order valence-electron chi connectivity index (χ1n) is 5.61. The number of nitrogens with one attached hydrogen (secondary N) is 1. The first kappa shape index (κ1) is 12.5. The maximum absolute atomic E-state index is 8.66. The van der Waals surface area contributed by atoms with E-state index in [0.717, 1.165) is 29.2 Å².